The normalized spacial score (nSPS) is 27.4. The summed E-state index contributed by atoms with van der Waals surface area (Å²) in [6, 6.07) is 11.8. The van der Waals surface area contributed by atoms with E-state index in [4.69, 9.17) is 0 Å². The number of piperidine rings is 1. The van der Waals surface area contributed by atoms with Crippen molar-refractivity contribution in [3.63, 3.8) is 0 Å². The molecule has 2 aromatic carbocycles. The summed E-state index contributed by atoms with van der Waals surface area (Å²) in [4.78, 5) is 75.0. The number of hydrogen-bond donors (Lipinski definition) is 3. The highest BCUT2D eigenvalue weighted by atomic mass is 19.3. The molecular weight excluding hydrogens is 710 g/mol. The van der Waals surface area contributed by atoms with E-state index in [9.17, 15) is 32.8 Å². The van der Waals surface area contributed by atoms with Crippen LogP contribution in [0.25, 0.3) is 22.3 Å². The first-order valence-corrected chi connectivity index (χ1v) is 19.1. The molecule has 5 amide bonds. The number of halogens is 2. The standard InChI is InChI=1S/C40H40F2N8O5/c1-39-18-30-27(17-32(39)40(39,41)42)34(46-45-30)29-15-23-14-22(2-5-28(23)43-29)36(53)48-12-10-47(11-13-48)19-21-8-9-49(20-21)24-3-4-25-26(16-24)38(55)50(37(25)54)31-6-7-33(51)44-35(31)52/h2-5,14-16,21,31-32,43H,6-13,17-20H2,1H3,(H,45,46)(H,44,51,52)/t21-,31?,32+,39-/m1/s1. The molecular formula is C40H40F2N8O5. The fourth-order valence-electron chi connectivity index (χ4n) is 9.78. The first-order chi connectivity index (χ1) is 26.4. The van der Waals surface area contributed by atoms with Gasteiger partial charge in [-0.15, -0.1) is 0 Å². The lowest BCUT2D eigenvalue weighted by Crippen LogP contribution is -2.54. The Morgan fingerprint density at radius 1 is 0.945 bits per heavy atom. The summed E-state index contributed by atoms with van der Waals surface area (Å²) in [5.41, 5.74) is 4.92. The van der Waals surface area contributed by atoms with Crippen LogP contribution in [0.2, 0.25) is 0 Å². The number of hydrogen-bond acceptors (Lipinski definition) is 8. The number of fused-ring (bicyclic) bond motifs is 4. The van der Waals surface area contributed by atoms with Gasteiger partial charge in [0.1, 0.15) is 11.7 Å². The van der Waals surface area contributed by atoms with Crippen LogP contribution in [-0.2, 0) is 22.4 Å². The number of benzene rings is 2. The van der Waals surface area contributed by atoms with Crippen LogP contribution >= 0.6 is 0 Å². The third-order valence-corrected chi connectivity index (χ3v) is 13.2. The molecule has 2 aromatic heterocycles. The molecule has 3 saturated heterocycles. The predicted octanol–water partition coefficient (Wildman–Crippen LogP) is 3.61. The maximum absolute atomic E-state index is 14.5. The summed E-state index contributed by atoms with van der Waals surface area (Å²) in [5, 5.41) is 10.6. The van der Waals surface area contributed by atoms with Gasteiger partial charge in [0.25, 0.3) is 23.6 Å². The number of H-pyrrole nitrogens is 2. The molecule has 4 fully saturated rings. The van der Waals surface area contributed by atoms with Gasteiger partial charge in [0.2, 0.25) is 11.8 Å². The van der Waals surface area contributed by atoms with Crippen molar-refractivity contribution in [2.24, 2.45) is 17.3 Å². The number of piperazine rings is 1. The molecule has 284 valence electrons. The van der Waals surface area contributed by atoms with Gasteiger partial charge < -0.3 is 14.8 Å². The summed E-state index contributed by atoms with van der Waals surface area (Å²) >= 11 is 0. The van der Waals surface area contributed by atoms with Crippen molar-refractivity contribution in [1.82, 2.24) is 35.2 Å². The summed E-state index contributed by atoms with van der Waals surface area (Å²) in [6.45, 7) is 6.88. The fourth-order valence-corrected chi connectivity index (χ4v) is 9.78. The molecule has 2 aliphatic carbocycles. The van der Waals surface area contributed by atoms with E-state index in [1.807, 2.05) is 35.2 Å². The zero-order valence-electron chi connectivity index (χ0n) is 30.3. The Bertz CT molecular complexity index is 2350. The van der Waals surface area contributed by atoms with E-state index in [1.54, 1.807) is 19.1 Å². The molecule has 13 nitrogen and oxygen atoms in total. The van der Waals surface area contributed by atoms with Crippen LogP contribution in [0, 0.1) is 17.3 Å². The monoisotopic (exact) mass is 750 g/mol. The Labute approximate surface area is 314 Å². The van der Waals surface area contributed by atoms with Crippen LogP contribution in [0.3, 0.4) is 0 Å². The first kappa shape index (κ1) is 34.1. The van der Waals surface area contributed by atoms with Gasteiger partial charge in [-0.05, 0) is 67.6 Å². The minimum Gasteiger partial charge on any atom is -0.371 e. The molecule has 10 rings (SSSR count). The molecule has 55 heavy (non-hydrogen) atoms. The van der Waals surface area contributed by atoms with Gasteiger partial charge in [0.15, 0.2) is 0 Å². The molecule has 1 saturated carbocycles. The Morgan fingerprint density at radius 3 is 2.55 bits per heavy atom. The lowest BCUT2D eigenvalue weighted by atomic mass is 9.87. The number of aromatic amines is 2. The number of nitrogens with zero attached hydrogens (tertiary/aromatic N) is 5. The number of carbonyl (C=O) groups excluding carboxylic acids is 5. The van der Waals surface area contributed by atoms with E-state index in [2.05, 4.69) is 30.3 Å². The summed E-state index contributed by atoms with van der Waals surface area (Å²) in [7, 11) is 0. The van der Waals surface area contributed by atoms with Crippen molar-refractivity contribution in [1.29, 1.82) is 0 Å². The largest absolute Gasteiger partial charge is 0.371 e. The lowest BCUT2D eigenvalue weighted by Gasteiger charge is -2.36. The number of nitrogens with one attached hydrogen (secondary N) is 3. The van der Waals surface area contributed by atoms with Crippen LogP contribution < -0.4 is 10.2 Å². The van der Waals surface area contributed by atoms with Gasteiger partial charge in [0.05, 0.1) is 16.8 Å². The predicted molar refractivity (Wildman–Crippen MR) is 196 cm³/mol. The molecule has 0 bridgehead atoms. The van der Waals surface area contributed by atoms with Gasteiger partial charge in [-0.25, -0.2) is 8.78 Å². The maximum atomic E-state index is 14.5. The Hall–Kier alpha value is -5.44. The van der Waals surface area contributed by atoms with Crippen LogP contribution in [-0.4, -0.2) is 117 Å². The Kier molecular flexibility index (Phi) is 7.45. The van der Waals surface area contributed by atoms with Crippen molar-refractivity contribution in [2.45, 2.75) is 51.0 Å². The highest BCUT2D eigenvalue weighted by Gasteiger charge is 2.78. The molecule has 0 spiro atoms. The van der Waals surface area contributed by atoms with E-state index in [1.165, 1.54) is 0 Å². The molecule has 1 unspecified atom stereocenters. The molecule has 6 heterocycles. The van der Waals surface area contributed by atoms with Crippen LogP contribution in [0.15, 0.2) is 42.5 Å². The summed E-state index contributed by atoms with van der Waals surface area (Å²) in [5.74, 6) is -5.00. The second-order valence-electron chi connectivity index (χ2n) is 16.4. The average molecular weight is 751 g/mol. The number of anilines is 1. The zero-order valence-corrected chi connectivity index (χ0v) is 30.3. The number of rotatable bonds is 6. The second-order valence-corrected chi connectivity index (χ2v) is 16.4. The molecule has 6 aliphatic rings. The van der Waals surface area contributed by atoms with Gasteiger partial charge >= 0.3 is 0 Å². The third kappa shape index (κ3) is 5.25. The molecule has 0 radical (unpaired) electrons. The van der Waals surface area contributed by atoms with E-state index in [0.717, 1.165) is 77.6 Å². The number of alkyl halides is 2. The maximum Gasteiger partial charge on any atom is 0.262 e. The van der Waals surface area contributed by atoms with Crippen LogP contribution in [0.5, 0.6) is 0 Å². The topological polar surface area (TPSA) is 155 Å². The molecule has 15 heteroatoms. The van der Waals surface area contributed by atoms with E-state index in [-0.39, 0.29) is 36.3 Å². The highest BCUT2D eigenvalue weighted by molar-refractivity contribution is 6.23. The van der Waals surface area contributed by atoms with Gasteiger partial charge in [-0.1, -0.05) is 6.92 Å². The van der Waals surface area contributed by atoms with Gasteiger partial charge in [-0.3, -0.25) is 44.2 Å². The molecule has 3 N–H and O–H groups in total. The summed E-state index contributed by atoms with van der Waals surface area (Å²) < 4.78 is 29.0. The van der Waals surface area contributed by atoms with Gasteiger partial charge in [0, 0.05) is 103 Å². The van der Waals surface area contributed by atoms with E-state index in [0.29, 0.717) is 36.7 Å². The number of amides is 5. The Morgan fingerprint density at radius 2 is 1.75 bits per heavy atom. The Balaban J connectivity index is 0.744. The minimum absolute atomic E-state index is 0.0236. The minimum atomic E-state index is -2.66. The van der Waals surface area contributed by atoms with Crippen molar-refractivity contribution >= 4 is 46.1 Å². The van der Waals surface area contributed by atoms with Crippen LogP contribution in [0.4, 0.5) is 14.5 Å². The fraction of sp³-hybridized carbons (Fsp3) is 0.450. The van der Waals surface area contributed by atoms with Crippen molar-refractivity contribution < 1.29 is 32.8 Å². The first-order valence-electron chi connectivity index (χ1n) is 19.1. The average Bonchev–Trinajstić information content (AvgIpc) is 3.83. The third-order valence-electron chi connectivity index (χ3n) is 13.2. The lowest BCUT2D eigenvalue weighted by molar-refractivity contribution is -0.136. The van der Waals surface area contributed by atoms with Crippen LogP contribution in [0.1, 0.15) is 68.5 Å². The second kappa shape index (κ2) is 12.0. The smallest absolute Gasteiger partial charge is 0.262 e. The van der Waals surface area contributed by atoms with Crippen molar-refractivity contribution in [3.05, 3.63) is 70.4 Å². The molecule has 4 atom stereocenters. The van der Waals surface area contributed by atoms with E-state index < -0.39 is 46.9 Å². The van der Waals surface area contributed by atoms with Gasteiger partial charge in [-0.2, -0.15) is 5.10 Å². The number of imide groups is 2. The molecule has 4 aromatic rings. The van der Waals surface area contributed by atoms with Crippen molar-refractivity contribution in [3.8, 4) is 11.4 Å². The SMILES string of the molecule is C[C@@]12Cc3[nH]nc(-c4cc5cc(C(=O)N6CCN(C[C@H]7CCN(c8ccc9c(c8)C(=O)N(C8CCC(=O)NC8=O)C9=O)C7)CC6)ccc5[nH]4)c3C[C@@H]1C2(F)F. The van der Waals surface area contributed by atoms with Crippen molar-refractivity contribution in [2.75, 3.05) is 50.7 Å². The number of aromatic nitrogens is 3. The quantitative estimate of drug-likeness (QED) is 0.253. The highest BCUT2D eigenvalue weighted by Crippen LogP contribution is 2.70. The summed E-state index contributed by atoms with van der Waals surface area (Å²) in [6.07, 6.45) is 1.75. The zero-order chi connectivity index (χ0) is 38.0. The number of carbonyl (C=O) groups is 5. The van der Waals surface area contributed by atoms with E-state index >= 15 is 0 Å². The molecule has 4 aliphatic heterocycles.